The second kappa shape index (κ2) is 6.22. The van der Waals surface area contributed by atoms with Crippen molar-refractivity contribution in [3.63, 3.8) is 0 Å². The van der Waals surface area contributed by atoms with E-state index in [1.54, 1.807) is 0 Å². The maximum absolute atomic E-state index is 12.4. The van der Waals surface area contributed by atoms with Gasteiger partial charge in [0.15, 0.2) is 5.69 Å². The Morgan fingerprint density at radius 3 is 2.64 bits per heavy atom. The fraction of sp³-hybridized carbons (Fsp3) is 0.412. The molecule has 1 heterocycles. The maximum Gasteiger partial charge on any atom is 0.276 e. The molecule has 0 atom stereocenters. The monoisotopic (exact) mass is 298 g/mol. The summed E-state index contributed by atoms with van der Waals surface area (Å²) in [5.74, 6) is -0.130. The number of carbonyl (C=O) groups excluding carboxylic acids is 1. The summed E-state index contributed by atoms with van der Waals surface area (Å²) in [7, 11) is 0. The van der Waals surface area contributed by atoms with Crippen molar-refractivity contribution < 1.29 is 4.79 Å². The molecule has 0 unspecified atom stereocenters. The number of fused-ring (bicyclic) bond motifs is 1. The lowest BCUT2D eigenvalue weighted by Gasteiger charge is -2.21. The normalized spacial score (nSPS) is 13.0. The highest BCUT2D eigenvalue weighted by Gasteiger charge is 2.22. The van der Waals surface area contributed by atoms with Gasteiger partial charge < -0.3 is 10.2 Å². The summed E-state index contributed by atoms with van der Waals surface area (Å²) in [4.78, 5) is 14.6. The van der Waals surface area contributed by atoms with E-state index in [2.05, 4.69) is 34.3 Å². The molecule has 1 amide bonds. The maximum atomic E-state index is 12.4. The Balaban J connectivity index is 1.71. The summed E-state index contributed by atoms with van der Waals surface area (Å²) in [5, 5.41) is 10.1. The van der Waals surface area contributed by atoms with E-state index in [9.17, 15) is 4.79 Å². The zero-order valence-electron chi connectivity index (χ0n) is 13.1. The molecule has 0 aliphatic heterocycles. The molecule has 0 spiro atoms. The molecule has 1 aromatic carbocycles. The number of aromatic amines is 1. The third kappa shape index (κ3) is 2.71. The molecule has 0 saturated carbocycles. The highest BCUT2D eigenvalue weighted by molar-refractivity contribution is 6.04. The Bertz CT molecular complexity index is 656. The van der Waals surface area contributed by atoms with Crippen LogP contribution in [-0.2, 0) is 12.8 Å². The average Bonchev–Trinajstić information content (AvgIpc) is 3.13. The van der Waals surface area contributed by atoms with Gasteiger partial charge in [0.25, 0.3) is 5.91 Å². The van der Waals surface area contributed by atoms with E-state index in [0.29, 0.717) is 5.69 Å². The smallest absolute Gasteiger partial charge is 0.276 e. The summed E-state index contributed by atoms with van der Waals surface area (Å²) in [6, 6.07) is 7.96. The minimum atomic E-state index is -0.130. The summed E-state index contributed by atoms with van der Waals surface area (Å²) in [5.41, 5.74) is 4.71. The minimum absolute atomic E-state index is 0.130. The minimum Gasteiger partial charge on any atom is -0.372 e. The molecule has 5 nitrogen and oxygen atoms in total. The van der Waals surface area contributed by atoms with Crippen molar-refractivity contribution >= 4 is 17.3 Å². The molecule has 1 aliphatic carbocycles. The van der Waals surface area contributed by atoms with Gasteiger partial charge in [0.2, 0.25) is 0 Å². The molecular weight excluding hydrogens is 276 g/mol. The second-order valence-corrected chi connectivity index (χ2v) is 5.56. The van der Waals surface area contributed by atoms with E-state index in [1.165, 1.54) is 5.69 Å². The lowest BCUT2D eigenvalue weighted by Crippen LogP contribution is -2.21. The molecule has 116 valence electrons. The first-order chi connectivity index (χ1) is 10.7. The first-order valence-electron chi connectivity index (χ1n) is 7.95. The molecule has 1 aromatic heterocycles. The quantitative estimate of drug-likeness (QED) is 0.892. The molecule has 22 heavy (non-hydrogen) atoms. The molecular formula is C17H22N4O. The van der Waals surface area contributed by atoms with Crippen LogP contribution in [0.15, 0.2) is 24.3 Å². The summed E-state index contributed by atoms with van der Waals surface area (Å²) >= 11 is 0. The van der Waals surface area contributed by atoms with Crippen LogP contribution in [0.3, 0.4) is 0 Å². The van der Waals surface area contributed by atoms with Crippen molar-refractivity contribution in [2.75, 3.05) is 23.3 Å². The number of anilines is 2. The third-order valence-electron chi connectivity index (χ3n) is 4.28. The van der Waals surface area contributed by atoms with Crippen LogP contribution in [0.4, 0.5) is 11.4 Å². The SMILES string of the molecule is CCN(CC)c1ccc(NC(=O)c2n[nH]c3c2CCC3)cc1. The van der Waals surface area contributed by atoms with Gasteiger partial charge in [-0.3, -0.25) is 9.89 Å². The molecule has 2 aromatic rings. The highest BCUT2D eigenvalue weighted by Crippen LogP contribution is 2.24. The van der Waals surface area contributed by atoms with Crippen LogP contribution < -0.4 is 10.2 Å². The Labute approximate surface area is 130 Å². The molecule has 0 saturated heterocycles. The topological polar surface area (TPSA) is 61.0 Å². The van der Waals surface area contributed by atoms with Crippen LogP contribution in [0.25, 0.3) is 0 Å². The van der Waals surface area contributed by atoms with Crippen molar-refractivity contribution in [3.8, 4) is 0 Å². The number of rotatable bonds is 5. The van der Waals surface area contributed by atoms with Crippen molar-refractivity contribution in [2.45, 2.75) is 33.1 Å². The molecule has 0 bridgehead atoms. The third-order valence-corrected chi connectivity index (χ3v) is 4.28. The zero-order chi connectivity index (χ0) is 15.5. The number of aryl methyl sites for hydroxylation is 1. The first-order valence-corrected chi connectivity index (χ1v) is 7.95. The molecule has 1 aliphatic rings. The molecule has 0 radical (unpaired) electrons. The fourth-order valence-corrected chi connectivity index (χ4v) is 3.04. The highest BCUT2D eigenvalue weighted by atomic mass is 16.1. The Kier molecular flexibility index (Phi) is 4.13. The van der Waals surface area contributed by atoms with Gasteiger partial charge >= 0.3 is 0 Å². The average molecular weight is 298 g/mol. The predicted molar refractivity (Wildman–Crippen MR) is 88.6 cm³/mol. The van der Waals surface area contributed by atoms with Gasteiger partial charge in [-0.15, -0.1) is 0 Å². The lowest BCUT2D eigenvalue weighted by atomic mass is 10.2. The van der Waals surface area contributed by atoms with E-state index < -0.39 is 0 Å². The molecule has 5 heteroatoms. The first kappa shape index (κ1) is 14.6. The van der Waals surface area contributed by atoms with E-state index in [1.807, 2.05) is 24.3 Å². The van der Waals surface area contributed by atoms with Gasteiger partial charge in [0.05, 0.1) is 0 Å². The van der Waals surface area contributed by atoms with Gasteiger partial charge in [-0.25, -0.2) is 0 Å². The Hall–Kier alpha value is -2.30. The summed E-state index contributed by atoms with van der Waals surface area (Å²) in [6.07, 6.45) is 3.03. The summed E-state index contributed by atoms with van der Waals surface area (Å²) in [6.45, 7) is 6.22. The van der Waals surface area contributed by atoms with E-state index >= 15 is 0 Å². The molecule has 2 N–H and O–H groups in total. The van der Waals surface area contributed by atoms with Crippen LogP contribution in [0.1, 0.15) is 42.0 Å². The predicted octanol–water partition coefficient (Wildman–Crippen LogP) is 3.00. The number of nitrogens with one attached hydrogen (secondary N) is 2. The zero-order valence-corrected chi connectivity index (χ0v) is 13.1. The van der Waals surface area contributed by atoms with E-state index in [-0.39, 0.29) is 5.91 Å². The van der Waals surface area contributed by atoms with Crippen molar-refractivity contribution in [1.82, 2.24) is 10.2 Å². The Morgan fingerprint density at radius 2 is 1.95 bits per heavy atom. The van der Waals surface area contributed by atoms with Crippen LogP contribution in [-0.4, -0.2) is 29.2 Å². The molecule has 3 rings (SSSR count). The second-order valence-electron chi connectivity index (χ2n) is 5.56. The standard InChI is InChI=1S/C17H22N4O/c1-3-21(4-2)13-10-8-12(9-11-13)18-17(22)16-14-6-5-7-15(14)19-20-16/h8-11H,3-7H2,1-2H3,(H,18,22)(H,19,20). The lowest BCUT2D eigenvalue weighted by molar-refractivity contribution is 0.102. The van der Waals surface area contributed by atoms with Gasteiger partial charge in [-0.1, -0.05) is 0 Å². The number of benzene rings is 1. The molecule has 0 fully saturated rings. The number of carbonyl (C=O) groups is 1. The van der Waals surface area contributed by atoms with Crippen molar-refractivity contribution in [1.29, 1.82) is 0 Å². The van der Waals surface area contributed by atoms with Crippen LogP contribution >= 0.6 is 0 Å². The number of hydrogen-bond donors (Lipinski definition) is 2. The number of amides is 1. The van der Waals surface area contributed by atoms with Crippen LogP contribution in [0, 0.1) is 0 Å². The number of nitrogens with zero attached hydrogens (tertiary/aromatic N) is 2. The Morgan fingerprint density at radius 1 is 1.23 bits per heavy atom. The van der Waals surface area contributed by atoms with E-state index in [0.717, 1.165) is 49.3 Å². The van der Waals surface area contributed by atoms with Gasteiger partial charge in [-0.05, 0) is 57.4 Å². The van der Waals surface area contributed by atoms with Crippen LogP contribution in [0.5, 0.6) is 0 Å². The van der Waals surface area contributed by atoms with Crippen LogP contribution in [0.2, 0.25) is 0 Å². The van der Waals surface area contributed by atoms with Crippen molar-refractivity contribution in [3.05, 3.63) is 41.2 Å². The van der Waals surface area contributed by atoms with E-state index in [4.69, 9.17) is 0 Å². The number of H-pyrrole nitrogens is 1. The fourth-order valence-electron chi connectivity index (χ4n) is 3.04. The van der Waals surface area contributed by atoms with Gasteiger partial charge in [-0.2, -0.15) is 5.10 Å². The van der Waals surface area contributed by atoms with Gasteiger partial charge in [0.1, 0.15) is 0 Å². The summed E-state index contributed by atoms with van der Waals surface area (Å²) < 4.78 is 0. The van der Waals surface area contributed by atoms with Crippen molar-refractivity contribution in [2.24, 2.45) is 0 Å². The largest absolute Gasteiger partial charge is 0.372 e. The number of aromatic nitrogens is 2. The van der Waals surface area contributed by atoms with Gasteiger partial charge in [0, 0.05) is 35.7 Å². The number of hydrogen-bond acceptors (Lipinski definition) is 3.